The van der Waals surface area contributed by atoms with Gasteiger partial charge in [0.05, 0.1) is 25.4 Å². The van der Waals surface area contributed by atoms with Gasteiger partial charge in [0.1, 0.15) is 0 Å². The lowest BCUT2D eigenvalue weighted by molar-refractivity contribution is -0.264. The maximum absolute atomic E-state index is 12.6. The first-order chi connectivity index (χ1) is 20.9. The molecule has 0 aromatic heterocycles. The average Bonchev–Trinajstić information content (AvgIpc) is 3.48. The van der Waals surface area contributed by atoms with Crippen molar-refractivity contribution in [3.8, 4) is 0 Å². The Morgan fingerprint density at radius 1 is 0.977 bits per heavy atom. The van der Waals surface area contributed by atoms with Gasteiger partial charge in [-0.1, -0.05) is 66.7 Å². The van der Waals surface area contributed by atoms with Gasteiger partial charge in [0.25, 0.3) is 5.91 Å². The lowest BCUT2D eigenvalue weighted by Gasteiger charge is -2.44. The monoisotopic (exact) mass is 588 g/mol. The van der Waals surface area contributed by atoms with Gasteiger partial charge in [-0.05, 0) is 55.1 Å². The molecule has 1 amide bonds. The molecule has 3 N–H and O–H groups in total. The quantitative estimate of drug-likeness (QED) is 0.297. The lowest BCUT2D eigenvalue weighted by atomic mass is 9.83. The van der Waals surface area contributed by atoms with Gasteiger partial charge in [-0.15, -0.1) is 0 Å². The zero-order chi connectivity index (χ0) is 30.3. The summed E-state index contributed by atoms with van der Waals surface area (Å²) in [5.74, 6) is -1.12. The predicted octanol–water partition coefficient (Wildman–Crippen LogP) is 4.46. The number of carbonyl (C=O) groups is 2. The number of esters is 1. The Labute approximate surface area is 252 Å². The van der Waals surface area contributed by atoms with Gasteiger partial charge in [-0.2, -0.15) is 0 Å². The molecule has 2 saturated heterocycles. The summed E-state index contributed by atoms with van der Waals surface area (Å²) in [6, 6.07) is 25.4. The summed E-state index contributed by atoms with van der Waals surface area (Å²) >= 11 is 0. The van der Waals surface area contributed by atoms with Crippen molar-refractivity contribution in [1.82, 2.24) is 4.90 Å². The number of anilines is 1. The van der Waals surface area contributed by atoms with Crippen molar-refractivity contribution in [1.29, 1.82) is 0 Å². The Morgan fingerprint density at radius 2 is 1.72 bits per heavy atom. The number of carbonyl (C=O) groups excluding carboxylic acids is 2. The van der Waals surface area contributed by atoms with E-state index in [9.17, 15) is 19.8 Å². The Bertz CT molecular complexity index is 1370. The molecule has 0 bridgehead atoms. The fourth-order valence-corrected chi connectivity index (χ4v) is 6.05. The van der Waals surface area contributed by atoms with Crippen LogP contribution in [-0.4, -0.2) is 64.9 Å². The van der Waals surface area contributed by atoms with Crippen molar-refractivity contribution >= 4 is 17.6 Å². The molecule has 9 nitrogen and oxygen atoms in total. The van der Waals surface area contributed by atoms with E-state index >= 15 is 0 Å². The van der Waals surface area contributed by atoms with Crippen molar-refractivity contribution < 1.29 is 34.0 Å². The largest absolute Gasteiger partial charge is 0.453 e. The van der Waals surface area contributed by atoms with Gasteiger partial charge in [0, 0.05) is 36.7 Å². The number of nitrogens with zero attached hydrogens (tertiary/aromatic N) is 1. The molecule has 2 aliphatic rings. The zero-order valence-corrected chi connectivity index (χ0v) is 24.6. The normalized spacial score (nSPS) is 24.8. The van der Waals surface area contributed by atoms with Crippen LogP contribution in [0.5, 0.6) is 0 Å². The van der Waals surface area contributed by atoms with Crippen LogP contribution in [0.15, 0.2) is 78.9 Å². The SMILES string of the molecule is CC(=O)OC(C)C(=O)Nc1cccc(C2OC(CN3CCCC3CO)C(c3ccccc3)C(c3ccc(CO)cc3)O2)c1. The van der Waals surface area contributed by atoms with Gasteiger partial charge >= 0.3 is 5.97 Å². The number of likely N-dealkylation sites (tertiary alicyclic amines) is 1. The van der Waals surface area contributed by atoms with E-state index in [4.69, 9.17) is 14.2 Å². The molecule has 0 spiro atoms. The summed E-state index contributed by atoms with van der Waals surface area (Å²) in [7, 11) is 0. The number of benzene rings is 3. The van der Waals surface area contributed by atoms with Crippen LogP contribution in [0.1, 0.15) is 67.3 Å². The third-order valence-corrected chi connectivity index (χ3v) is 8.23. The van der Waals surface area contributed by atoms with Crippen molar-refractivity contribution in [3.63, 3.8) is 0 Å². The maximum atomic E-state index is 12.6. The molecule has 6 unspecified atom stereocenters. The van der Waals surface area contributed by atoms with Crippen LogP contribution in [0.4, 0.5) is 5.69 Å². The number of rotatable bonds is 10. The molecule has 2 aliphatic heterocycles. The summed E-state index contributed by atoms with van der Waals surface area (Å²) in [4.78, 5) is 26.3. The second kappa shape index (κ2) is 14.2. The number of hydrogen-bond acceptors (Lipinski definition) is 8. The van der Waals surface area contributed by atoms with Gasteiger partial charge in [-0.25, -0.2) is 0 Å². The Balaban J connectivity index is 1.49. The summed E-state index contributed by atoms with van der Waals surface area (Å²) in [6.45, 7) is 4.34. The summed E-state index contributed by atoms with van der Waals surface area (Å²) < 4.78 is 18.6. The third kappa shape index (κ3) is 7.49. The Hall–Kier alpha value is -3.60. The molecule has 9 heteroatoms. The molecule has 228 valence electrons. The van der Waals surface area contributed by atoms with Gasteiger partial charge in [0.15, 0.2) is 12.4 Å². The summed E-state index contributed by atoms with van der Waals surface area (Å²) in [5, 5.41) is 22.5. The smallest absolute Gasteiger partial charge is 0.303 e. The molecule has 43 heavy (non-hydrogen) atoms. The van der Waals surface area contributed by atoms with E-state index in [-0.39, 0.29) is 37.4 Å². The first-order valence-corrected chi connectivity index (χ1v) is 14.8. The molecule has 5 rings (SSSR count). The Morgan fingerprint density at radius 3 is 2.42 bits per heavy atom. The van der Waals surface area contributed by atoms with E-state index in [1.54, 1.807) is 12.1 Å². The second-order valence-electron chi connectivity index (χ2n) is 11.2. The van der Waals surface area contributed by atoms with Gasteiger partial charge in [-0.3, -0.25) is 14.5 Å². The number of amides is 1. The first-order valence-electron chi connectivity index (χ1n) is 14.8. The topological polar surface area (TPSA) is 118 Å². The molecular weight excluding hydrogens is 548 g/mol. The van der Waals surface area contributed by atoms with Crippen LogP contribution in [-0.2, 0) is 30.4 Å². The van der Waals surface area contributed by atoms with E-state index in [0.29, 0.717) is 12.2 Å². The summed E-state index contributed by atoms with van der Waals surface area (Å²) in [5.41, 5.74) is 4.12. The summed E-state index contributed by atoms with van der Waals surface area (Å²) in [6.07, 6.45) is -0.378. The van der Waals surface area contributed by atoms with Crippen LogP contribution in [0.3, 0.4) is 0 Å². The van der Waals surface area contributed by atoms with E-state index in [0.717, 1.165) is 41.6 Å². The highest BCUT2D eigenvalue weighted by Gasteiger charge is 2.43. The minimum absolute atomic E-state index is 0.0472. The zero-order valence-electron chi connectivity index (χ0n) is 24.6. The van der Waals surface area contributed by atoms with Crippen molar-refractivity contribution in [2.24, 2.45) is 0 Å². The highest BCUT2D eigenvalue weighted by molar-refractivity contribution is 5.95. The van der Waals surface area contributed by atoms with E-state index in [2.05, 4.69) is 22.3 Å². The molecular formula is C34H40N2O7. The minimum Gasteiger partial charge on any atom is -0.453 e. The fraction of sp³-hybridized carbons (Fsp3) is 0.412. The number of aliphatic hydroxyl groups is 2. The number of ether oxygens (including phenoxy) is 3. The number of hydrogen-bond donors (Lipinski definition) is 3. The van der Waals surface area contributed by atoms with Gasteiger partial charge < -0.3 is 29.7 Å². The molecule has 0 aliphatic carbocycles. The maximum Gasteiger partial charge on any atom is 0.303 e. The molecule has 3 aromatic carbocycles. The van der Waals surface area contributed by atoms with Gasteiger partial charge in [0.2, 0.25) is 0 Å². The first kappa shape index (κ1) is 30.8. The van der Waals surface area contributed by atoms with Crippen LogP contribution in [0, 0.1) is 0 Å². The molecule has 2 fully saturated rings. The highest BCUT2D eigenvalue weighted by atomic mass is 16.7. The van der Waals surface area contributed by atoms with Crippen molar-refractivity contribution in [3.05, 3.63) is 101 Å². The highest BCUT2D eigenvalue weighted by Crippen LogP contribution is 2.47. The lowest BCUT2D eigenvalue weighted by Crippen LogP contribution is -2.46. The van der Waals surface area contributed by atoms with Crippen LogP contribution >= 0.6 is 0 Å². The second-order valence-corrected chi connectivity index (χ2v) is 11.2. The number of aliphatic hydroxyl groups excluding tert-OH is 2. The van der Waals surface area contributed by atoms with Crippen LogP contribution in [0.25, 0.3) is 0 Å². The molecule has 0 radical (unpaired) electrons. The molecule has 2 heterocycles. The third-order valence-electron chi connectivity index (χ3n) is 8.23. The van der Waals surface area contributed by atoms with E-state index < -0.39 is 24.3 Å². The molecule has 0 saturated carbocycles. The molecule has 3 aromatic rings. The van der Waals surface area contributed by atoms with Crippen LogP contribution < -0.4 is 5.32 Å². The molecule has 6 atom stereocenters. The standard InChI is InChI=1S/C34H40N2O7/c1-22(41-23(2)39)33(40)35-28-11-6-10-27(18-28)34-42-30(19-36-17-7-12-29(36)21-38)31(25-8-4-3-5-9-25)32(43-34)26-15-13-24(20-37)14-16-26/h3-6,8-11,13-16,18,22,29-32,34,37-38H,7,12,17,19-21H2,1-2H3,(H,35,40). The Kier molecular flexibility index (Phi) is 10.2. The van der Waals surface area contributed by atoms with Crippen molar-refractivity contribution in [2.75, 3.05) is 25.0 Å². The average molecular weight is 589 g/mol. The van der Waals surface area contributed by atoms with Crippen molar-refractivity contribution in [2.45, 2.75) is 69.9 Å². The predicted molar refractivity (Wildman–Crippen MR) is 161 cm³/mol. The number of nitrogens with one attached hydrogen (secondary N) is 1. The van der Waals surface area contributed by atoms with E-state index in [1.807, 2.05) is 54.6 Å². The minimum atomic E-state index is -0.939. The fourth-order valence-electron chi connectivity index (χ4n) is 6.05. The van der Waals surface area contributed by atoms with E-state index in [1.165, 1.54) is 13.8 Å². The van der Waals surface area contributed by atoms with Crippen LogP contribution in [0.2, 0.25) is 0 Å².